The van der Waals surface area contributed by atoms with E-state index in [0.717, 1.165) is 0 Å². The molecule has 1 aromatic rings. The summed E-state index contributed by atoms with van der Waals surface area (Å²) in [4.78, 5) is 11.7. The number of rotatable bonds is 3. The smallest absolute Gasteiger partial charge is 0.292 e. The third-order valence-corrected chi connectivity index (χ3v) is 1.93. The maximum absolute atomic E-state index is 10.6. The second-order valence-electron chi connectivity index (χ2n) is 2.46. The monoisotopic (exact) mass is 196 g/mol. The van der Waals surface area contributed by atoms with Crippen molar-refractivity contribution in [3.8, 4) is 0 Å². The minimum Gasteiger partial charge on any atom is -0.336 e. The predicted molar refractivity (Wildman–Crippen MR) is 55.2 cm³/mol. The van der Waals surface area contributed by atoms with Crippen molar-refractivity contribution >= 4 is 29.1 Å². The summed E-state index contributed by atoms with van der Waals surface area (Å²) in [5.41, 5.74) is 1.93. The first kappa shape index (κ1) is 9.60. The van der Waals surface area contributed by atoms with Gasteiger partial charge in [0.05, 0.1) is 10.4 Å². The normalized spacial score (nSPS) is 9.31. The number of para-hydroxylation sites is 2. The summed E-state index contributed by atoms with van der Waals surface area (Å²) in [5, 5.41) is 10.6. The molecule has 0 saturated heterocycles. The average Bonchev–Trinajstić information content (AvgIpc) is 2.16. The van der Waals surface area contributed by atoms with Crippen molar-refractivity contribution in [2.75, 3.05) is 11.9 Å². The highest BCUT2D eigenvalue weighted by atomic mass is 32.1. The fourth-order valence-electron chi connectivity index (χ4n) is 0.974. The van der Waals surface area contributed by atoms with Gasteiger partial charge in [0.15, 0.2) is 0 Å². The van der Waals surface area contributed by atoms with Crippen LogP contribution in [-0.2, 0) is 0 Å². The minimum absolute atomic E-state index is 0.0612. The number of hydrogen-bond donors (Lipinski definition) is 0. The predicted octanol–water partition coefficient (Wildman–Crippen LogP) is 1.99. The van der Waals surface area contributed by atoms with E-state index >= 15 is 0 Å². The molecule has 0 aliphatic carbocycles. The molecule has 0 N–H and O–H groups in total. The van der Waals surface area contributed by atoms with E-state index in [0.29, 0.717) is 5.69 Å². The lowest BCUT2D eigenvalue weighted by Gasteiger charge is -2.11. The molecule has 1 aromatic carbocycles. The van der Waals surface area contributed by atoms with E-state index in [9.17, 15) is 10.1 Å². The van der Waals surface area contributed by atoms with Crippen LogP contribution in [0.5, 0.6) is 0 Å². The number of thiocarbonyl (C=S) groups is 1. The number of anilines is 1. The summed E-state index contributed by atoms with van der Waals surface area (Å²) in [6.07, 6.45) is 0. The van der Waals surface area contributed by atoms with Crippen molar-refractivity contribution in [3.63, 3.8) is 0 Å². The second-order valence-corrected chi connectivity index (χ2v) is 2.67. The van der Waals surface area contributed by atoms with Crippen molar-refractivity contribution in [2.45, 2.75) is 0 Å². The largest absolute Gasteiger partial charge is 0.336 e. The molecule has 0 radical (unpaired) electrons. The third kappa shape index (κ3) is 2.00. The highest BCUT2D eigenvalue weighted by Gasteiger charge is 2.13. The van der Waals surface area contributed by atoms with Gasteiger partial charge < -0.3 is 4.90 Å². The Labute approximate surface area is 80.9 Å². The summed E-state index contributed by atoms with van der Waals surface area (Å²) in [6, 6.07) is 6.46. The maximum atomic E-state index is 10.6. The Balaban J connectivity index is 3.19. The molecule has 0 aliphatic rings. The van der Waals surface area contributed by atoms with Gasteiger partial charge >= 0.3 is 0 Å². The zero-order valence-electron chi connectivity index (χ0n) is 7.01. The van der Waals surface area contributed by atoms with Gasteiger partial charge in [0.1, 0.15) is 5.69 Å². The van der Waals surface area contributed by atoms with Crippen LogP contribution in [0, 0.1) is 10.1 Å². The van der Waals surface area contributed by atoms with E-state index in [2.05, 4.69) is 12.2 Å². The first-order chi connectivity index (χ1) is 6.16. The lowest BCUT2D eigenvalue weighted by molar-refractivity contribution is -0.384. The fraction of sp³-hybridized carbons (Fsp3) is 0.125. The molecule has 0 fully saturated rings. The summed E-state index contributed by atoms with van der Waals surface area (Å²) >= 11 is 4.68. The van der Waals surface area contributed by atoms with Crippen LogP contribution < -0.4 is 4.90 Å². The molecular weight excluding hydrogens is 188 g/mol. The van der Waals surface area contributed by atoms with Crippen molar-refractivity contribution in [3.05, 3.63) is 34.4 Å². The summed E-state index contributed by atoms with van der Waals surface area (Å²) in [7, 11) is 1.68. The van der Waals surface area contributed by atoms with E-state index in [1.165, 1.54) is 16.5 Å². The maximum Gasteiger partial charge on any atom is 0.292 e. The average molecular weight is 196 g/mol. The highest BCUT2D eigenvalue weighted by molar-refractivity contribution is 7.79. The van der Waals surface area contributed by atoms with E-state index in [-0.39, 0.29) is 5.69 Å². The first-order valence-corrected chi connectivity index (χ1v) is 4.05. The molecular formula is C8H8N2O2S. The summed E-state index contributed by atoms with van der Waals surface area (Å²) < 4.78 is 0. The summed E-state index contributed by atoms with van der Waals surface area (Å²) in [5.74, 6) is 0. The van der Waals surface area contributed by atoms with E-state index < -0.39 is 4.92 Å². The van der Waals surface area contributed by atoms with Crippen molar-refractivity contribution < 1.29 is 4.92 Å². The second kappa shape index (κ2) is 3.95. The van der Waals surface area contributed by atoms with Crippen LogP contribution in [0.15, 0.2) is 24.3 Å². The van der Waals surface area contributed by atoms with E-state index in [1.54, 1.807) is 25.2 Å². The molecule has 0 heterocycles. The molecule has 0 bridgehead atoms. The summed E-state index contributed by atoms with van der Waals surface area (Å²) in [6.45, 7) is 0. The van der Waals surface area contributed by atoms with Crippen LogP contribution in [0.4, 0.5) is 11.4 Å². The van der Waals surface area contributed by atoms with E-state index in [1.807, 2.05) is 0 Å². The van der Waals surface area contributed by atoms with Gasteiger partial charge in [-0.3, -0.25) is 10.1 Å². The quantitative estimate of drug-likeness (QED) is 0.421. The van der Waals surface area contributed by atoms with Crippen LogP contribution in [0.25, 0.3) is 0 Å². The molecule has 0 aliphatic heterocycles. The Morgan fingerprint density at radius 2 is 2.15 bits per heavy atom. The molecule has 5 heteroatoms. The fourth-order valence-corrected chi connectivity index (χ4v) is 1.09. The number of nitro benzene ring substituents is 1. The molecule has 1 rings (SSSR count). The van der Waals surface area contributed by atoms with Gasteiger partial charge in [0.2, 0.25) is 0 Å². The SMILES string of the molecule is CN(C=S)c1ccccc1[N+](=O)[O-]. The number of hydrogen-bond acceptors (Lipinski definition) is 3. The van der Waals surface area contributed by atoms with Gasteiger partial charge in [-0.05, 0) is 6.07 Å². The lowest BCUT2D eigenvalue weighted by Crippen LogP contribution is -2.13. The van der Waals surface area contributed by atoms with Crippen LogP contribution in [0.1, 0.15) is 0 Å². The Bertz CT molecular complexity index is 341. The van der Waals surface area contributed by atoms with Gasteiger partial charge in [-0.25, -0.2) is 0 Å². The van der Waals surface area contributed by atoms with Gasteiger partial charge in [-0.2, -0.15) is 0 Å². The molecule has 4 nitrogen and oxygen atoms in total. The number of benzene rings is 1. The first-order valence-electron chi connectivity index (χ1n) is 3.58. The molecule has 0 atom stereocenters. The number of nitrogens with zero attached hydrogens (tertiary/aromatic N) is 2. The zero-order chi connectivity index (χ0) is 9.84. The molecule has 0 saturated carbocycles. The Morgan fingerprint density at radius 1 is 1.54 bits per heavy atom. The molecule has 0 amide bonds. The van der Waals surface area contributed by atoms with Crippen molar-refractivity contribution in [1.29, 1.82) is 0 Å². The lowest BCUT2D eigenvalue weighted by atomic mass is 10.2. The van der Waals surface area contributed by atoms with Crippen LogP contribution >= 0.6 is 12.2 Å². The Morgan fingerprint density at radius 3 is 2.69 bits per heavy atom. The van der Waals surface area contributed by atoms with Gasteiger partial charge in [0.25, 0.3) is 5.69 Å². The van der Waals surface area contributed by atoms with Crippen LogP contribution in [-0.4, -0.2) is 17.5 Å². The minimum atomic E-state index is -0.426. The van der Waals surface area contributed by atoms with Crippen LogP contribution in [0.2, 0.25) is 0 Å². The van der Waals surface area contributed by atoms with Gasteiger partial charge in [-0.15, -0.1) is 0 Å². The topological polar surface area (TPSA) is 46.4 Å². The Kier molecular flexibility index (Phi) is 2.92. The molecule has 68 valence electrons. The van der Waals surface area contributed by atoms with Gasteiger partial charge in [-0.1, -0.05) is 24.4 Å². The van der Waals surface area contributed by atoms with Crippen LogP contribution in [0.3, 0.4) is 0 Å². The van der Waals surface area contributed by atoms with Crippen molar-refractivity contribution in [2.24, 2.45) is 0 Å². The highest BCUT2D eigenvalue weighted by Crippen LogP contribution is 2.25. The van der Waals surface area contributed by atoms with E-state index in [4.69, 9.17) is 0 Å². The molecule has 0 unspecified atom stereocenters. The third-order valence-electron chi connectivity index (χ3n) is 1.62. The number of nitro groups is 1. The molecule has 13 heavy (non-hydrogen) atoms. The van der Waals surface area contributed by atoms with Crippen molar-refractivity contribution in [1.82, 2.24) is 0 Å². The zero-order valence-corrected chi connectivity index (χ0v) is 7.82. The molecule has 0 aromatic heterocycles. The standard InChI is InChI=1S/C8H8N2O2S/c1-9(6-13)7-4-2-3-5-8(7)10(11)12/h2-6H,1H3. The molecule has 0 spiro atoms. The van der Waals surface area contributed by atoms with Gasteiger partial charge in [0, 0.05) is 13.1 Å². The Hall–Kier alpha value is -1.49.